The molecule has 1 rings (SSSR count). The van der Waals surface area contributed by atoms with Crippen molar-refractivity contribution >= 4 is 5.91 Å². The minimum Gasteiger partial charge on any atom is -0.393 e. The maximum absolute atomic E-state index is 12.1. The van der Waals surface area contributed by atoms with E-state index in [1.165, 1.54) is 0 Å². The first-order chi connectivity index (χ1) is 9.13. The molecule has 4 nitrogen and oxygen atoms in total. The molecule has 0 radical (unpaired) electrons. The predicted molar refractivity (Wildman–Crippen MR) is 74.6 cm³/mol. The Labute approximate surface area is 115 Å². The Morgan fingerprint density at radius 3 is 2.63 bits per heavy atom. The second-order valence-corrected chi connectivity index (χ2v) is 4.68. The molecule has 0 aliphatic heterocycles. The van der Waals surface area contributed by atoms with Crippen LogP contribution in [0, 0.1) is 0 Å². The molecule has 0 saturated heterocycles. The zero-order valence-corrected chi connectivity index (χ0v) is 11.7. The molecule has 1 aromatic carbocycles. The molecule has 106 valence electrons. The minimum atomic E-state index is -0.440. The number of hydrogen-bond acceptors (Lipinski definition) is 3. The van der Waals surface area contributed by atoms with E-state index in [2.05, 4.69) is 0 Å². The maximum atomic E-state index is 12.1. The van der Waals surface area contributed by atoms with E-state index in [4.69, 9.17) is 4.74 Å². The number of ether oxygens (including phenoxy) is 1. The molecule has 1 atom stereocenters. The molecule has 4 heteroatoms. The minimum absolute atomic E-state index is 0.0572. The molecule has 1 amide bonds. The Kier molecular flexibility index (Phi) is 7.15. The molecule has 1 aromatic rings. The summed E-state index contributed by atoms with van der Waals surface area (Å²) in [6.07, 6.45) is 0.427. The van der Waals surface area contributed by atoms with Crippen LogP contribution in [0.2, 0.25) is 0 Å². The number of rotatable bonds is 8. The number of nitrogens with zero attached hydrogens (tertiary/aromatic N) is 1. The molecule has 1 unspecified atom stereocenters. The van der Waals surface area contributed by atoms with Crippen molar-refractivity contribution in [1.82, 2.24) is 4.90 Å². The highest BCUT2D eigenvalue weighted by molar-refractivity contribution is 5.76. The number of benzene rings is 1. The second-order valence-electron chi connectivity index (χ2n) is 4.68. The highest BCUT2D eigenvalue weighted by atomic mass is 16.5. The molecule has 0 spiro atoms. The van der Waals surface area contributed by atoms with Gasteiger partial charge in [-0.05, 0) is 18.9 Å². The normalized spacial score (nSPS) is 12.2. The summed E-state index contributed by atoms with van der Waals surface area (Å²) in [5.41, 5.74) is 1.10. The first-order valence-corrected chi connectivity index (χ1v) is 6.62. The number of amides is 1. The Bertz CT molecular complexity index is 365. The molecule has 0 aliphatic rings. The summed E-state index contributed by atoms with van der Waals surface area (Å²) >= 11 is 0. The van der Waals surface area contributed by atoms with Gasteiger partial charge in [-0.15, -0.1) is 0 Å². The van der Waals surface area contributed by atoms with E-state index in [1.54, 1.807) is 18.9 Å². The Morgan fingerprint density at radius 2 is 2.05 bits per heavy atom. The third kappa shape index (κ3) is 6.36. The SMILES string of the molecule is COCCN(Cc1ccccc1)C(=O)CCC(C)O. The van der Waals surface area contributed by atoms with Crippen molar-refractivity contribution in [3.8, 4) is 0 Å². The summed E-state index contributed by atoms with van der Waals surface area (Å²) in [5.74, 6) is 0.0572. The molecule has 1 N–H and O–H groups in total. The summed E-state index contributed by atoms with van der Waals surface area (Å²) < 4.78 is 5.04. The van der Waals surface area contributed by atoms with Gasteiger partial charge < -0.3 is 14.7 Å². The van der Waals surface area contributed by atoms with Gasteiger partial charge in [-0.3, -0.25) is 4.79 Å². The van der Waals surface area contributed by atoms with Crippen molar-refractivity contribution in [1.29, 1.82) is 0 Å². The second kappa shape index (κ2) is 8.67. The predicted octanol–water partition coefficient (Wildman–Crippen LogP) is 1.82. The van der Waals surface area contributed by atoms with Gasteiger partial charge in [0.05, 0.1) is 12.7 Å². The quantitative estimate of drug-likeness (QED) is 0.780. The van der Waals surface area contributed by atoms with Gasteiger partial charge in [-0.2, -0.15) is 0 Å². The Balaban J connectivity index is 2.57. The zero-order valence-electron chi connectivity index (χ0n) is 11.7. The van der Waals surface area contributed by atoms with E-state index in [1.807, 2.05) is 30.3 Å². The van der Waals surface area contributed by atoms with Crippen LogP contribution in [0.4, 0.5) is 0 Å². The third-order valence-corrected chi connectivity index (χ3v) is 2.91. The average molecular weight is 265 g/mol. The molecular formula is C15H23NO3. The number of carbonyl (C=O) groups is 1. The van der Waals surface area contributed by atoms with Crippen molar-refractivity contribution < 1.29 is 14.6 Å². The molecule has 0 heterocycles. The zero-order chi connectivity index (χ0) is 14.1. The Hall–Kier alpha value is -1.39. The third-order valence-electron chi connectivity index (χ3n) is 2.91. The van der Waals surface area contributed by atoms with E-state index in [0.717, 1.165) is 5.56 Å². The first kappa shape index (κ1) is 15.7. The lowest BCUT2D eigenvalue weighted by molar-refractivity contribution is -0.133. The topological polar surface area (TPSA) is 49.8 Å². The lowest BCUT2D eigenvalue weighted by Gasteiger charge is -2.23. The summed E-state index contributed by atoms with van der Waals surface area (Å²) in [5, 5.41) is 9.25. The Morgan fingerprint density at radius 1 is 1.37 bits per heavy atom. The first-order valence-electron chi connectivity index (χ1n) is 6.62. The van der Waals surface area contributed by atoms with Crippen LogP contribution < -0.4 is 0 Å². The lowest BCUT2D eigenvalue weighted by atomic mass is 10.1. The van der Waals surface area contributed by atoms with E-state index < -0.39 is 6.10 Å². The number of aliphatic hydroxyl groups excluding tert-OH is 1. The van der Waals surface area contributed by atoms with Gasteiger partial charge in [0, 0.05) is 26.6 Å². The van der Waals surface area contributed by atoms with Crippen molar-refractivity contribution in [3.63, 3.8) is 0 Å². The van der Waals surface area contributed by atoms with E-state index >= 15 is 0 Å². The average Bonchev–Trinajstić information content (AvgIpc) is 2.41. The summed E-state index contributed by atoms with van der Waals surface area (Å²) in [6.45, 7) is 3.38. The van der Waals surface area contributed by atoms with Crippen LogP contribution in [0.5, 0.6) is 0 Å². The summed E-state index contributed by atoms with van der Waals surface area (Å²) in [4.78, 5) is 13.9. The fourth-order valence-electron chi connectivity index (χ4n) is 1.79. The van der Waals surface area contributed by atoms with Gasteiger partial charge in [0.1, 0.15) is 0 Å². The van der Waals surface area contributed by atoms with Crippen LogP contribution >= 0.6 is 0 Å². The van der Waals surface area contributed by atoms with Crippen molar-refractivity contribution in [2.75, 3.05) is 20.3 Å². The molecule has 0 fully saturated rings. The van der Waals surface area contributed by atoms with E-state index in [-0.39, 0.29) is 5.91 Å². The van der Waals surface area contributed by atoms with Crippen LogP contribution in [0.15, 0.2) is 30.3 Å². The van der Waals surface area contributed by atoms with Crippen LogP contribution in [0.25, 0.3) is 0 Å². The highest BCUT2D eigenvalue weighted by Crippen LogP contribution is 2.08. The number of carbonyl (C=O) groups excluding carboxylic acids is 1. The molecular weight excluding hydrogens is 242 g/mol. The monoisotopic (exact) mass is 265 g/mol. The van der Waals surface area contributed by atoms with E-state index in [0.29, 0.717) is 32.5 Å². The van der Waals surface area contributed by atoms with Gasteiger partial charge in [0.25, 0.3) is 0 Å². The molecule has 0 aliphatic carbocycles. The standard InChI is InChI=1S/C15H23NO3/c1-13(17)8-9-15(18)16(10-11-19-2)12-14-6-4-3-5-7-14/h3-7,13,17H,8-12H2,1-2H3. The van der Waals surface area contributed by atoms with E-state index in [9.17, 15) is 9.90 Å². The van der Waals surface area contributed by atoms with Gasteiger partial charge in [0.2, 0.25) is 5.91 Å². The van der Waals surface area contributed by atoms with Gasteiger partial charge >= 0.3 is 0 Å². The number of hydrogen-bond donors (Lipinski definition) is 1. The summed E-state index contributed by atoms with van der Waals surface area (Å²) in [7, 11) is 1.63. The van der Waals surface area contributed by atoms with Crippen LogP contribution in [0.1, 0.15) is 25.3 Å². The summed E-state index contributed by atoms with van der Waals surface area (Å²) in [6, 6.07) is 9.88. The van der Waals surface area contributed by atoms with Gasteiger partial charge in [-0.1, -0.05) is 30.3 Å². The lowest BCUT2D eigenvalue weighted by Crippen LogP contribution is -2.33. The van der Waals surface area contributed by atoms with Crippen LogP contribution in [-0.4, -0.2) is 42.3 Å². The smallest absolute Gasteiger partial charge is 0.223 e. The van der Waals surface area contributed by atoms with Gasteiger partial charge in [0.15, 0.2) is 0 Å². The highest BCUT2D eigenvalue weighted by Gasteiger charge is 2.14. The molecule has 0 aromatic heterocycles. The molecule has 19 heavy (non-hydrogen) atoms. The van der Waals surface area contributed by atoms with Crippen molar-refractivity contribution in [3.05, 3.63) is 35.9 Å². The van der Waals surface area contributed by atoms with Crippen molar-refractivity contribution in [2.45, 2.75) is 32.4 Å². The van der Waals surface area contributed by atoms with Crippen LogP contribution in [-0.2, 0) is 16.1 Å². The largest absolute Gasteiger partial charge is 0.393 e. The number of methoxy groups -OCH3 is 1. The maximum Gasteiger partial charge on any atom is 0.223 e. The van der Waals surface area contributed by atoms with Crippen molar-refractivity contribution in [2.24, 2.45) is 0 Å². The van der Waals surface area contributed by atoms with Crippen LogP contribution in [0.3, 0.4) is 0 Å². The number of aliphatic hydroxyl groups is 1. The van der Waals surface area contributed by atoms with Gasteiger partial charge in [-0.25, -0.2) is 0 Å². The molecule has 0 bridgehead atoms. The fraction of sp³-hybridized carbons (Fsp3) is 0.533. The molecule has 0 saturated carbocycles. The fourth-order valence-corrected chi connectivity index (χ4v) is 1.79.